The number of hydrogen-bond acceptors (Lipinski definition) is 0. The number of fused-ring (bicyclic) bond motifs is 9. The second-order valence-corrected chi connectivity index (χ2v) is 15.2. The highest BCUT2D eigenvalue weighted by molar-refractivity contribution is 6.22. The van der Waals surface area contributed by atoms with Gasteiger partial charge in [-0.05, 0) is 128 Å². The summed E-state index contributed by atoms with van der Waals surface area (Å²) >= 11 is 0. The average Bonchev–Trinajstić information content (AvgIpc) is 3.43. The number of rotatable bonds is 3. The predicted octanol–water partition coefficient (Wildman–Crippen LogP) is 14.8. The summed E-state index contributed by atoms with van der Waals surface area (Å²) in [4.78, 5) is 0. The van der Waals surface area contributed by atoms with Crippen LogP contribution in [0.2, 0.25) is 0 Å². The van der Waals surface area contributed by atoms with Crippen molar-refractivity contribution in [3.05, 3.63) is 193 Å². The Balaban J connectivity index is 1.08. The molecule has 0 atom stereocenters. The minimum atomic E-state index is -0.0664. The van der Waals surface area contributed by atoms with Gasteiger partial charge >= 0.3 is 0 Å². The summed E-state index contributed by atoms with van der Waals surface area (Å²) in [6.07, 6.45) is 0. The van der Waals surface area contributed by atoms with Crippen molar-refractivity contribution in [3.8, 4) is 44.5 Å². The largest absolute Gasteiger partial charge is 0.0616 e. The first-order valence-electron chi connectivity index (χ1n) is 18.7. The second-order valence-electron chi connectivity index (χ2n) is 15.2. The van der Waals surface area contributed by atoms with Gasteiger partial charge in [-0.25, -0.2) is 0 Å². The fourth-order valence-electron chi connectivity index (χ4n) is 9.45. The third kappa shape index (κ3) is 4.42. The molecule has 0 unspecified atom stereocenters. The first-order chi connectivity index (χ1) is 26.0. The predicted molar refractivity (Wildman–Crippen MR) is 228 cm³/mol. The Hall–Kier alpha value is -6.50. The Morgan fingerprint density at radius 3 is 1.47 bits per heavy atom. The van der Waals surface area contributed by atoms with Gasteiger partial charge in [-0.3, -0.25) is 0 Å². The molecule has 0 aliphatic heterocycles. The Morgan fingerprint density at radius 2 is 0.792 bits per heavy atom. The van der Waals surface area contributed by atoms with Crippen molar-refractivity contribution in [2.24, 2.45) is 0 Å². The molecular formula is C53H36. The topological polar surface area (TPSA) is 0 Å². The molecule has 0 fully saturated rings. The molecule has 10 aromatic carbocycles. The standard InChI is InChI=1S/C53H36/c1-53(2)48-21-11-20-42(52(48)47-31-36-13-3-4-14-37(36)32-49(47)53)34-22-25-35(26-23-34)50-43-16-7-9-18-45(43)51(46-19-10-8-17-44(46)50)39-28-29-41-38(30-39)27-24-33-12-5-6-15-40(33)41/h3-32H,1-2H3. The van der Waals surface area contributed by atoms with Crippen LogP contribution < -0.4 is 0 Å². The first-order valence-corrected chi connectivity index (χ1v) is 18.7. The van der Waals surface area contributed by atoms with Crippen LogP contribution in [0.4, 0.5) is 0 Å². The first kappa shape index (κ1) is 30.2. The molecular weight excluding hydrogens is 637 g/mol. The van der Waals surface area contributed by atoms with E-state index in [-0.39, 0.29) is 5.41 Å². The summed E-state index contributed by atoms with van der Waals surface area (Å²) in [5.41, 5.74) is 13.1. The van der Waals surface area contributed by atoms with Crippen molar-refractivity contribution in [1.29, 1.82) is 0 Å². The third-order valence-electron chi connectivity index (χ3n) is 12.0. The highest BCUT2D eigenvalue weighted by Gasteiger charge is 2.37. The molecule has 53 heavy (non-hydrogen) atoms. The van der Waals surface area contributed by atoms with E-state index >= 15 is 0 Å². The quantitative estimate of drug-likeness (QED) is 0.129. The van der Waals surface area contributed by atoms with Gasteiger partial charge < -0.3 is 0 Å². The van der Waals surface area contributed by atoms with E-state index < -0.39 is 0 Å². The van der Waals surface area contributed by atoms with Crippen LogP contribution in [0.15, 0.2) is 182 Å². The summed E-state index contributed by atoms with van der Waals surface area (Å²) in [7, 11) is 0. The van der Waals surface area contributed by atoms with Crippen molar-refractivity contribution in [2.45, 2.75) is 19.3 Å². The average molecular weight is 673 g/mol. The van der Waals surface area contributed by atoms with Crippen molar-refractivity contribution >= 4 is 53.9 Å². The van der Waals surface area contributed by atoms with Gasteiger partial charge in [0.15, 0.2) is 0 Å². The molecule has 1 aliphatic carbocycles. The summed E-state index contributed by atoms with van der Waals surface area (Å²) < 4.78 is 0. The van der Waals surface area contributed by atoms with E-state index in [1.807, 2.05) is 0 Å². The Morgan fingerprint density at radius 1 is 0.283 bits per heavy atom. The molecule has 0 radical (unpaired) electrons. The molecule has 0 nitrogen and oxygen atoms in total. The lowest BCUT2D eigenvalue weighted by Crippen LogP contribution is -2.14. The van der Waals surface area contributed by atoms with Gasteiger partial charge in [0.1, 0.15) is 0 Å². The maximum absolute atomic E-state index is 2.41. The van der Waals surface area contributed by atoms with Crippen LogP contribution in [-0.2, 0) is 5.41 Å². The molecule has 0 aromatic heterocycles. The summed E-state index contributed by atoms with van der Waals surface area (Å²) in [6.45, 7) is 4.75. The minimum Gasteiger partial charge on any atom is -0.0616 e. The molecule has 248 valence electrons. The zero-order valence-corrected chi connectivity index (χ0v) is 29.8. The summed E-state index contributed by atoms with van der Waals surface area (Å²) in [6, 6.07) is 67.9. The second kappa shape index (κ2) is 11.2. The Bertz CT molecular complexity index is 3060. The highest BCUT2D eigenvalue weighted by atomic mass is 14.4. The fraction of sp³-hybridized carbons (Fsp3) is 0.0566. The third-order valence-corrected chi connectivity index (χ3v) is 12.0. The van der Waals surface area contributed by atoms with Crippen LogP contribution in [0.25, 0.3) is 98.4 Å². The van der Waals surface area contributed by atoms with Crippen LogP contribution in [-0.4, -0.2) is 0 Å². The van der Waals surface area contributed by atoms with Crippen LogP contribution in [0.3, 0.4) is 0 Å². The van der Waals surface area contributed by atoms with Gasteiger partial charge in [-0.15, -0.1) is 0 Å². The smallest absolute Gasteiger partial charge is 0.0159 e. The van der Waals surface area contributed by atoms with Crippen LogP contribution in [0.5, 0.6) is 0 Å². The molecule has 0 heterocycles. The lowest BCUT2D eigenvalue weighted by molar-refractivity contribution is 0.661. The molecule has 10 aromatic rings. The summed E-state index contributed by atoms with van der Waals surface area (Å²) in [5, 5.41) is 12.8. The molecule has 0 bridgehead atoms. The van der Waals surface area contributed by atoms with Gasteiger partial charge in [-0.1, -0.05) is 178 Å². The maximum Gasteiger partial charge on any atom is 0.0159 e. The van der Waals surface area contributed by atoms with E-state index in [4.69, 9.17) is 0 Å². The zero-order chi connectivity index (χ0) is 35.3. The van der Waals surface area contributed by atoms with E-state index in [1.165, 1.54) is 109 Å². The van der Waals surface area contributed by atoms with Gasteiger partial charge in [0.25, 0.3) is 0 Å². The van der Waals surface area contributed by atoms with Crippen molar-refractivity contribution in [1.82, 2.24) is 0 Å². The molecule has 0 saturated heterocycles. The fourth-order valence-corrected chi connectivity index (χ4v) is 9.45. The van der Waals surface area contributed by atoms with E-state index in [9.17, 15) is 0 Å². The van der Waals surface area contributed by atoms with Crippen LogP contribution in [0, 0.1) is 0 Å². The monoisotopic (exact) mass is 672 g/mol. The van der Waals surface area contributed by atoms with E-state index in [2.05, 4.69) is 196 Å². The zero-order valence-electron chi connectivity index (χ0n) is 29.8. The number of benzene rings is 10. The molecule has 0 N–H and O–H groups in total. The maximum atomic E-state index is 2.41. The Kier molecular flexibility index (Phi) is 6.40. The van der Waals surface area contributed by atoms with E-state index in [0.717, 1.165) is 0 Å². The van der Waals surface area contributed by atoms with Crippen LogP contribution in [0.1, 0.15) is 25.0 Å². The van der Waals surface area contributed by atoms with Crippen LogP contribution >= 0.6 is 0 Å². The highest BCUT2D eigenvalue weighted by Crippen LogP contribution is 2.53. The lowest BCUT2D eigenvalue weighted by Gasteiger charge is -2.22. The molecule has 0 amide bonds. The minimum absolute atomic E-state index is 0.0664. The molecule has 0 heteroatoms. The summed E-state index contributed by atoms with van der Waals surface area (Å²) in [5.74, 6) is 0. The van der Waals surface area contributed by atoms with Gasteiger partial charge in [0.2, 0.25) is 0 Å². The number of hydrogen-bond donors (Lipinski definition) is 0. The van der Waals surface area contributed by atoms with Crippen molar-refractivity contribution in [2.75, 3.05) is 0 Å². The van der Waals surface area contributed by atoms with E-state index in [0.29, 0.717) is 0 Å². The normalized spacial score (nSPS) is 13.2. The van der Waals surface area contributed by atoms with Gasteiger partial charge in [0, 0.05) is 5.41 Å². The Labute approximate surface area is 309 Å². The lowest BCUT2D eigenvalue weighted by atomic mass is 9.81. The van der Waals surface area contributed by atoms with E-state index in [1.54, 1.807) is 0 Å². The molecule has 0 spiro atoms. The molecule has 1 aliphatic rings. The van der Waals surface area contributed by atoms with Crippen molar-refractivity contribution < 1.29 is 0 Å². The van der Waals surface area contributed by atoms with Gasteiger partial charge in [-0.2, -0.15) is 0 Å². The van der Waals surface area contributed by atoms with Crippen molar-refractivity contribution in [3.63, 3.8) is 0 Å². The van der Waals surface area contributed by atoms with Gasteiger partial charge in [0.05, 0.1) is 0 Å². The SMILES string of the molecule is CC1(C)c2cc3ccccc3cc2-c2c(-c3ccc(-c4c5ccccc5c(-c5ccc6c(ccc7ccccc76)c5)c5ccccc45)cc3)cccc21. The molecule has 11 rings (SSSR count). The molecule has 0 saturated carbocycles.